The number of hydrogen-bond acceptors (Lipinski definition) is 4. The second kappa shape index (κ2) is 9.62. The van der Waals surface area contributed by atoms with Crippen LogP contribution in [0.4, 0.5) is 13.2 Å². The quantitative estimate of drug-likeness (QED) is 0.456. The van der Waals surface area contributed by atoms with Crippen LogP contribution in [0.5, 0.6) is 0 Å². The molecule has 0 aromatic rings. The van der Waals surface area contributed by atoms with E-state index in [1.54, 1.807) is 0 Å². The first-order valence-electron chi connectivity index (χ1n) is 9.93. The van der Waals surface area contributed by atoms with Crippen molar-refractivity contribution < 1.29 is 21.6 Å². The van der Waals surface area contributed by atoms with Crippen molar-refractivity contribution in [2.45, 2.75) is 70.1 Å². The Kier molecular flexibility index (Phi) is 7.97. The third kappa shape index (κ3) is 6.21. The molecule has 0 aromatic heterocycles. The Morgan fingerprint density at radius 1 is 1.21 bits per heavy atom. The van der Waals surface area contributed by atoms with Crippen molar-refractivity contribution in [1.82, 2.24) is 19.8 Å². The van der Waals surface area contributed by atoms with Crippen LogP contribution in [0, 0.1) is 0 Å². The molecule has 0 unspecified atom stereocenters. The smallest absolute Gasteiger partial charge is 0.357 e. The molecule has 2 N–H and O–H groups in total. The normalized spacial score (nSPS) is 20.8. The van der Waals surface area contributed by atoms with Gasteiger partial charge < -0.3 is 10.6 Å². The summed E-state index contributed by atoms with van der Waals surface area (Å²) in [5.74, 6) is 0.624. The minimum absolute atomic E-state index is 0.109. The average molecular weight is 428 g/mol. The van der Waals surface area contributed by atoms with Crippen LogP contribution in [-0.2, 0) is 10.0 Å². The first-order chi connectivity index (χ1) is 13.1. The van der Waals surface area contributed by atoms with Gasteiger partial charge in [-0.3, -0.25) is 9.89 Å². The molecular weight excluding hydrogens is 395 g/mol. The molecule has 1 saturated carbocycles. The summed E-state index contributed by atoms with van der Waals surface area (Å²) < 4.78 is 61.5. The van der Waals surface area contributed by atoms with Gasteiger partial charge in [0.15, 0.2) is 5.96 Å². The van der Waals surface area contributed by atoms with Crippen molar-refractivity contribution in [3.63, 3.8) is 0 Å². The second-order valence-electron chi connectivity index (χ2n) is 7.59. The Labute approximate surface area is 165 Å². The van der Waals surface area contributed by atoms with Gasteiger partial charge in [0, 0.05) is 44.3 Å². The molecule has 1 heterocycles. The third-order valence-electron chi connectivity index (χ3n) is 5.08. The highest BCUT2D eigenvalue weighted by molar-refractivity contribution is 7.90. The second-order valence-corrected chi connectivity index (χ2v) is 9.52. The molecule has 0 radical (unpaired) electrons. The van der Waals surface area contributed by atoms with Gasteiger partial charge in [0.2, 0.25) is 0 Å². The van der Waals surface area contributed by atoms with Gasteiger partial charge in [0.25, 0.3) is 0 Å². The number of sulfonamides is 1. The molecule has 1 aliphatic carbocycles. The summed E-state index contributed by atoms with van der Waals surface area (Å²) in [5.41, 5.74) is -5.24. The average Bonchev–Trinajstić information content (AvgIpc) is 3.42. The van der Waals surface area contributed by atoms with Crippen LogP contribution < -0.4 is 10.6 Å². The van der Waals surface area contributed by atoms with Crippen molar-refractivity contribution >= 4 is 16.0 Å². The van der Waals surface area contributed by atoms with Crippen LogP contribution in [0.2, 0.25) is 0 Å². The fraction of sp³-hybridized carbons (Fsp3) is 0.941. The first kappa shape index (κ1) is 23.2. The van der Waals surface area contributed by atoms with Gasteiger partial charge in [-0.05, 0) is 46.5 Å². The number of rotatable bonds is 8. The highest BCUT2D eigenvalue weighted by Crippen LogP contribution is 2.29. The number of nitrogens with one attached hydrogen (secondary N) is 2. The molecule has 28 heavy (non-hydrogen) atoms. The van der Waals surface area contributed by atoms with Crippen LogP contribution in [0.25, 0.3) is 0 Å². The molecule has 2 aliphatic rings. The number of alkyl halides is 3. The summed E-state index contributed by atoms with van der Waals surface area (Å²) in [5, 5.41) is 6.39. The Morgan fingerprint density at radius 3 is 2.29 bits per heavy atom. The van der Waals surface area contributed by atoms with Gasteiger partial charge >= 0.3 is 15.5 Å². The Morgan fingerprint density at radius 2 is 1.82 bits per heavy atom. The molecule has 2 rings (SSSR count). The standard InChI is InChI=1S/C17H32F3N5O2S/c1-4-21-16(22-9-12-25(13(2)3)15-5-6-15)23-14-7-10-24(11-8-14)28(26,27)17(18,19)20/h13-15H,4-12H2,1-3H3,(H2,21,22,23). The highest BCUT2D eigenvalue weighted by atomic mass is 32.2. The Hall–Kier alpha value is -1.07. The zero-order valence-corrected chi connectivity index (χ0v) is 17.6. The van der Waals surface area contributed by atoms with Gasteiger partial charge in [-0.2, -0.15) is 17.5 Å². The van der Waals surface area contributed by atoms with E-state index >= 15 is 0 Å². The van der Waals surface area contributed by atoms with Gasteiger partial charge in [-0.25, -0.2) is 8.42 Å². The number of nitrogens with zero attached hydrogens (tertiary/aromatic N) is 3. The fourth-order valence-corrected chi connectivity index (χ4v) is 4.43. The minimum Gasteiger partial charge on any atom is -0.357 e. The van der Waals surface area contributed by atoms with Gasteiger partial charge in [-0.15, -0.1) is 0 Å². The van der Waals surface area contributed by atoms with Gasteiger partial charge in [0.05, 0.1) is 6.54 Å². The predicted octanol–water partition coefficient (Wildman–Crippen LogP) is 1.73. The fourth-order valence-electron chi connectivity index (χ4n) is 3.45. The van der Waals surface area contributed by atoms with Gasteiger partial charge in [0.1, 0.15) is 0 Å². The molecule has 0 bridgehead atoms. The molecule has 2 fully saturated rings. The highest BCUT2D eigenvalue weighted by Gasteiger charge is 2.50. The van der Waals surface area contributed by atoms with Crippen LogP contribution in [0.3, 0.4) is 0 Å². The van der Waals surface area contributed by atoms with E-state index in [2.05, 4.69) is 34.4 Å². The lowest BCUT2D eigenvalue weighted by atomic mass is 10.1. The number of guanidine groups is 1. The lowest BCUT2D eigenvalue weighted by Crippen LogP contribution is -2.51. The molecule has 7 nitrogen and oxygen atoms in total. The zero-order chi connectivity index (χ0) is 20.9. The monoisotopic (exact) mass is 427 g/mol. The summed E-state index contributed by atoms with van der Waals surface area (Å²) in [6.07, 6.45) is 3.08. The van der Waals surface area contributed by atoms with E-state index in [9.17, 15) is 21.6 Å². The number of piperidine rings is 1. The Balaban J connectivity index is 1.86. The van der Waals surface area contributed by atoms with Crippen molar-refractivity contribution in [2.75, 3.05) is 32.7 Å². The topological polar surface area (TPSA) is 77.0 Å². The lowest BCUT2D eigenvalue weighted by molar-refractivity contribution is -0.0494. The summed E-state index contributed by atoms with van der Waals surface area (Å²) >= 11 is 0. The summed E-state index contributed by atoms with van der Waals surface area (Å²) in [7, 11) is -5.24. The van der Waals surface area contributed by atoms with Crippen molar-refractivity contribution in [2.24, 2.45) is 4.99 Å². The maximum atomic E-state index is 12.7. The molecule has 0 spiro atoms. The molecule has 1 aliphatic heterocycles. The molecule has 164 valence electrons. The summed E-state index contributed by atoms with van der Waals surface area (Å²) in [6.45, 7) is 8.16. The van der Waals surface area contributed by atoms with E-state index in [1.807, 2.05) is 6.92 Å². The van der Waals surface area contributed by atoms with Crippen molar-refractivity contribution in [3.05, 3.63) is 0 Å². The molecular formula is C17H32F3N5O2S. The van der Waals surface area contributed by atoms with E-state index in [4.69, 9.17) is 0 Å². The van der Waals surface area contributed by atoms with E-state index in [-0.39, 0.29) is 19.1 Å². The molecule has 0 atom stereocenters. The van der Waals surface area contributed by atoms with Crippen LogP contribution in [0.1, 0.15) is 46.5 Å². The van der Waals surface area contributed by atoms with Crippen LogP contribution in [-0.4, -0.2) is 79.9 Å². The molecule has 0 aromatic carbocycles. The molecule has 11 heteroatoms. The van der Waals surface area contributed by atoms with E-state index in [1.165, 1.54) is 12.8 Å². The van der Waals surface area contributed by atoms with E-state index < -0.39 is 15.5 Å². The van der Waals surface area contributed by atoms with Crippen molar-refractivity contribution in [1.29, 1.82) is 0 Å². The SMILES string of the molecule is CCNC(=NCCN(C(C)C)C1CC1)NC1CCN(S(=O)(=O)C(F)(F)F)CC1. The maximum absolute atomic E-state index is 12.7. The molecule has 1 saturated heterocycles. The number of halogens is 3. The van der Waals surface area contributed by atoms with Crippen LogP contribution in [0.15, 0.2) is 4.99 Å². The summed E-state index contributed by atoms with van der Waals surface area (Å²) in [4.78, 5) is 7.03. The maximum Gasteiger partial charge on any atom is 0.511 e. The summed E-state index contributed by atoms with van der Waals surface area (Å²) in [6, 6.07) is 1.02. The largest absolute Gasteiger partial charge is 0.511 e. The van der Waals surface area contributed by atoms with Gasteiger partial charge in [-0.1, -0.05) is 0 Å². The zero-order valence-electron chi connectivity index (χ0n) is 16.8. The lowest BCUT2D eigenvalue weighted by Gasteiger charge is -2.32. The number of aliphatic imine (C=N–C) groups is 1. The van der Waals surface area contributed by atoms with Crippen molar-refractivity contribution in [3.8, 4) is 0 Å². The van der Waals surface area contributed by atoms with Crippen LogP contribution >= 0.6 is 0 Å². The number of hydrogen-bond donors (Lipinski definition) is 2. The minimum atomic E-state index is -5.24. The van der Waals surface area contributed by atoms with E-state index in [0.717, 1.165) is 6.54 Å². The predicted molar refractivity (Wildman–Crippen MR) is 104 cm³/mol. The van der Waals surface area contributed by atoms with E-state index in [0.29, 0.717) is 48.3 Å². The molecule has 0 amide bonds. The third-order valence-corrected chi connectivity index (χ3v) is 6.71. The Bertz CT molecular complexity index is 625. The first-order valence-corrected chi connectivity index (χ1v) is 11.4.